The predicted molar refractivity (Wildman–Crippen MR) is 56.3 cm³/mol. The summed E-state index contributed by atoms with van der Waals surface area (Å²) in [5.41, 5.74) is 3.02. The average Bonchev–Trinajstić information content (AvgIpc) is 2.25. The minimum atomic E-state index is 0.116. The Hall–Kier alpha value is -0.980. The van der Waals surface area contributed by atoms with Gasteiger partial charge < -0.3 is 5.32 Å². The first-order valence-electron chi connectivity index (χ1n) is 4.82. The van der Waals surface area contributed by atoms with Gasteiger partial charge in [0.2, 0.25) is 0 Å². The molecule has 70 valence electrons. The molecular weight excluding hydrogens is 158 g/mol. The lowest BCUT2D eigenvalue weighted by Gasteiger charge is -2.26. The van der Waals surface area contributed by atoms with Crippen LogP contribution in [-0.2, 0) is 0 Å². The summed E-state index contributed by atoms with van der Waals surface area (Å²) in [6, 6.07) is 0. The average molecular weight is 175 g/mol. The van der Waals surface area contributed by atoms with Crippen LogP contribution in [0.15, 0.2) is 35.6 Å². The van der Waals surface area contributed by atoms with Crippen LogP contribution >= 0.6 is 0 Å². The largest absolute Gasteiger partial charge is 0.376 e. The lowest BCUT2D eigenvalue weighted by molar-refractivity contribution is 0.556. The molecule has 0 unspecified atom stereocenters. The van der Waals surface area contributed by atoms with Crippen LogP contribution in [0.3, 0.4) is 0 Å². The molecule has 1 aliphatic carbocycles. The fourth-order valence-electron chi connectivity index (χ4n) is 2.03. The van der Waals surface area contributed by atoms with Crippen molar-refractivity contribution in [3.8, 4) is 0 Å². The zero-order valence-corrected chi connectivity index (χ0v) is 8.81. The summed E-state index contributed by atoms with van der Waals surface area (Å²) < 4.78 is 0. The molecule has 0 bridgehead atoms. The Morgan fingerprint density at radius 1 is 1.15 bits per heavy atom. The lowest BCUT2D eigenvalue weighted by atomic mass is 9.79. The third-order valence-corrected chi connectivity index (χ3v) is 2.72. The number of nitrogens with one attached hydrogen (secondary N) is 1. The minimum Gasteiger partial charge on any atom is -0.376 e. The lowest BCUT2D eigenvalue weighted by Crippen LogP contribution is -2.31. The minimum absolute atomic E-state index is 0.116. The van der Waals surface area contributed by atoms with Gasteiger partial charge >= 0.3 is 0 Å². The Kier molecular flexibility index (Phi) is 1.51. The van der Waals surface area contributed by atoms with Crippen molar-refractivity contribution >= 4 is 0 Å². The first kappa shape index (κ1) is 8.61. The molecule has 0 spiro atoms. The molecule has 0 radical (unpaired) electrons. The van der Waals surface area contributed by atoms with Crippen molar-refractivity contribution in [1.82, 2.24) is 5.32 Å². The van der Waals surface area contributed by atoms with Crippen molar-refractivity contribution in [2.45, 2.75) is 33.2 Å². The van der Waals surface area contributed by atoms with Crippen molar-refractivity contribution in [2.75, 3.05) is 0 Å². The van der Waals surface area contributed by atoms with Crippen molar-refractivity contribution in [2.24, 2.45) is 5.41 Å². The predicted octanol–water partition coefficient (Wildman–Crippen LogP) is 2.77. The second kappa shape index (κ2) is 2.28. The van der Waals surface area contributed by atoms with Gasteiger partial charge in [-0.05, 0) is 25.5 Å². The highest BCUT2D eigenvalue weighted by molar-refractivity contribution is 5.49. The number of allylic oxidation sites excluding steroid dienone is 4. The van der Waals surface area contributed by atoms with Crippen LogP contribution in [-0.4, -0.2) is 5.54 Å². The molecule has 0 saturated heterocycles. The molecule has 0 aromatic carbocycles. The molecule has 0 saturated carbocycles. The van der Waals surface area contributed by atoms with Crippen LogP contribution in [0.5, 0.6) is 0 Å². The second-order valence-corrected chi connectivity index (χ2v) is 5.07. The van der Waals surface area contributed by atoms with Gasteiger partial charge in [0.05, 0.1) is 5.54 Å². The Bertz CT molecular complexity index is 327. The van der Waals surface area contributed by atoms with E-state index in [-0.39, 0.29) is 11.0 Å². The van der Waals surface area contributed by atoms with Gasteiger partial charge in [0, 0.05) is 11.1 Å². The molecule has 2 rings (SSSR count). The van der Waals surface area contributed by atoms with Crippen LogP contribution in [0, 0.1) is 5.41 Å². The van der Waals surface area contributed by atoms with Gasteiger partial charge in [-0.2, -0.15) is 0 Å². The van der Waals surface area contributed by atoms with E-state index >= 15 is 0 Å². The topological polar surface area (TPSA) is 12.0 Å². The number of hydrogen-bond donors (Lipinski definition) is 1. The molecular formula is C12H17N. The van der Waals surface area contributed by atoms with Gasteiger partial charge in [-0.1, -0.05) is 32.1 Å². The second-order valence-electron chi connectivity index (χ2n) is 5.07. The first-order chi connectivity index (χ1) is 5.91. The Morgan fingerprint density at radius 2 is 1.85 bits per heavy atom. The SMILES string of the molecule is CC1(C)C=C2C(=CC=CC2(C)C)N1. The number of rotatable bonds is 0. The van der Waals surface area contributed by atoms with E-state index in [0.29, 0.717) is 0 Å². The highest BCUT2D eigenvalue weighted by Gasteiger charge is 2.34. The summed E-state index contributed by atoms with van der Waals surface area (Å²) in [6.45, 7) is 8.92. The number of hydrogen-bond acceptors (Lipinski definition) is 1. The fourth-order valence-corrected chi connectivity index (χ4v) is 2.03. The summed E-state index contributed by atoms with van der Waals surface area (Å²) >= 11 is 0. The number of fused-ring (bicyclic) bond motifs is 1. The standard InChI is InChI=1S/C12H17N/c1-11(2)7-5-6-10-9(11)8-12(3,4)13-10/h5-8,13H,1-4H3. The third-order valence-electron chi connectivity index (χ3n) is 2.72. The first-order valence-corrected chi connectivity index (χ1v) is 4.82. The molecule has 1 N–H and O–H groups in total. The van der Waals surface area contributed by atoms with Gasteiger partial charge in [0.25, 0.3) is 0 Å². The smallest absolute Gasteiger partial charge is 0.0506 e. The van der Waals surface area contributed by atoms with E-state index in [1.165, 1.54) is 11.3 Å². The molecule has 0 aromatic heterocycles. The summed E-state index contributed by atoms with van der Waals surface area (Å²) in [5.74, 6) is 0. The van der Waals surface area contributed by atoms with E-state index in [2.05, 4.69) is 57.3 Å². The van der Waals surface area contributed by atoms with Crippen LogP contribution in [0.2, 0.25) is 0 Å². The monoisotopic (exact) mass is 175 g/mol. The molecule has 0 atom stereocenters. The Balaban J connectivity index is 2.47. The van der Waals surface area contributed by atoms with Gasteiger partial charge in [0.15, 0.2) is 0 Å². The Labute approximate surface area is 80.2 Å². The molecule has 1 nitrogen and oxygen atoms in total. The maximum absolute atomic E-state index is 3.51. The third kappa shape index (κ3) is 1.32. The molecule has 1 aliphatic heterocycles. The van der Waals surface area contributed by atoms with Crippen molar-refractivity contribution < 1.29 is 0 Å². The molecule has 1 heteroatoms. The van der Waals surface area contributed by atoms with E-state index in [4.69, 9.17) is 0 Å². The molecule has 0 aromatic rings. The van der Waals surface area contributed by atoms with Crippen molar-refractivity contribution in [3.05, 3.63) is 35.6 Å². The Morgan fingerprint density at radius 3 is 2.46 bits per heavy atom. The van der Waals surface area contributed by atoms with Crippen LogP contribution < -0.4 is 5.32 Å². The van der Waals surface area contributed by atoms with Crippen LogP contribution in [0.25, 0.3) is 0 Å². The molecule has 0 fully saturated rings. The zero-order valence-electron chi connectivity index (χ0n) is 8.81. The summed E-state index contributed by atoms with van der Waals surface area (Å²) in [4.78, 5) is 0. The van der Waals surface area contributed by atoms with E-state index in [0.717, 1.165) is 0 Å². The summed E-state index contributed by atoms with van der Waals surface area (Å²) in [7, 11) is 0. The van der Waals surface area contributed by atoms with Crippen molar-refractivity contribution in [3.63, 3.8) is 0 Å². The maximum atomic E-state index is 3.51. The molecule has 2 aliphatic rings. The van der Waals surface area contributed by atoms with Crippen molar-refractivity contribution in [1.29, 1.82) is 0 Å². The molecule has 13 heavy (non-hydrogen) atoms. The zero-order chi connectivity index (χ0) is 9.69. The quantitative estimate of drug-likeness (QED) is 0.597. The summed E-state index contributed by atoms with van der Waals surface area (Å²) in [6.07, 6.45) is 8.89. The fraction of sp³-hybridized carbons (Fsp3) is 0.500. The van der Waals surface area contributed by atoms with Crippen LogP contribution in [0.4, 0.5) is 0 Å². The highest BCUT2D eigenvalue weighted by atomic mass is 15.0. The van der Waals surface area contributed by atoms with E-state index in [9.17, 15) is 0 Å². The van der Waals surface area contributed by atoms with Gasteiger partial charge in [-0.25, -0.2) is 0 Å². The molecule has 0 amide bonds. The van der Waals surface area contributed by atoms with Gasteiger partial charge in [-0.3, -0.25) is 0 Å². The highest BCUT2D eigenvalue weighted by Crippen LogP contribution is 2.40. The normalized spacial score (nSPS) is 27.4. The molecule has 1 heterocycles. The van der Waals surface area contributed by atoms with E-state index in [1.54, 1.807) is 0 Å². The summed E-state index contributed by atoms with van der Waals surface area (Å²) in [5, 5.41) is 3.51. The maximum Gasteiger partial charge on any atom is 0.0506 e. The van der Waals surface area contributed by atoms with E-state index in [1.807, 2.05) is 0 Å². The van der Waals surface area contributed by atoms with Gasteiger partial charge in [0.1, 0.15) is 0 Å². The van der Waals surface area contributed by atoms with Gasteiger partial charge in [-0.15, -0.1) is 0 Å². The van der Waals surface area contributed by atoms with E-state index < -0.39 is 0 Å². The van der Waals surface area contributed by atoms with Crippen LogP contribution in [0.1, 0.15) is 27.7 Å².